The van der Waals surface area contributed by atoms with Gasteiger partial charge in [-0.3, -0.25) is 0 Å². The van der Waals surface area contributed by atoms with Gasteiger partial charge in [0.2, 0.25) is 0 Å². The van der Waals surface area contributed by atoms with E-state index in [4.69, 9.17) is 5.73 Å². The monoisotopic (exact) mass is 190 g/mol. The maximum Gasteiger partial charge on any atom is 0.0439 e. The van der Waals surface area contributed by atoms with Crippen LogP contribution in [0.1, 0.15) is 19.8 Å². The highest BCUT2D eigenvalue weighted by Gasteiger charge is 2.29. The molecule has 1 aromatic carbocycles. The van der Waals surface area contributed by atoms with Crippen molar-refractivity contribution in [3.05, 3.63) is 30.3 Å². The Hall–Kier alpha value is -1.02. The third-order valence-electron chi connectivity index (χ3n) is 3.10. The Morgan fingerprint density at radius 2 is 2.07 bits per heavy atom. The summed E-state index contributed by atoms with van der Waals surface area (Å²) in [5.74, 6) is 0. The number of nitrogens with two attached hydrogens (primary N) is 1. The molecule has 1 aliphatic heterocycles. The van der Waals surface area contributed by atoms with Gasteiger partial charge in [0.25, 0.3) is 0 Å². The molecule has 1 fully saturated rings. The smallest absolute Gasteiger partial charge is 0.0439 e. The average molecular weight is 190 g/mol. The molecule has 0 saturated carbocycles. The van der Waals surface area contributed by atoms with Crippen molar-refractivity contribution in [3.63, 3.8) is 0 Å². The Bertz CT molecular complexity index is 284. The number of rotatable bonds is 2. The van der Waals surface area contributed by atoms with Crippen molar-refractivity contribution in [2.75, 3.05) is 11.4 Å². The second-order valence-corrected chi connectivity index (χ2v) is 3.96. The summed E-state index contributed by atoms with van der Waals surface area (Å²) in [6, 6.07) is 11.4. The van der Waals surface area contributed by atoms with Crippen molar-refractivity contribution < 1.29 is 0 Å². The molecule has 2 nitrogen and oxygen atoms in total. The molecule has 0 spiro atoms. The largest absolute Gasteiger partial charge is 0.367 e. The fraction of sp³-hybridized carbons (Fsp3) is 0.500. The molecule has 2 N–H and O–H groups in total. The van der Waals surface area contributed by atoms with Gasteiger partial charge in [0.05, 0.1) is 0 Å². The van der Waals surface area contributed by atoms with Gasteiger partial charge in [0.1, 0.15) is 0 Å². The number of nitrogens with zero attached hydrogens (tertiary/aromatic N) is 1. The molecule has 1 heterocycles. The average Bonchev–Trinajstić information content (AvgIpc) is 2.61. The predicted octanol–water partition coefficient (Wildman–Crippen LogP) is 2.00. The zero-order valence-corrected chi connectivity index (χ0v) is 8.69. The highest BCUT2D eigenvalue weighted by molar-refractivity contribution is 5.48. The summed E-state index contributed by atoms with van der Waals surface area (Å²) in [5.41, 5.74) is 7.39. The predicted molar refractivity (Wildman–Crippen MR) is 60.5 cm³/mol. The first-order valence-electron chi connectivity index (χ1n) is 5.40. The molecule has 0 radical (unpaired) electrons. The summed E-state index contributed by atoms with van der Waals surface area (Å²) >= 11 is 0. The van der Waals surface area contributed by atoms with E-state index in [0.29, 0.717) is 12.1 Å². The van der Waals surface area contributed by atoms with E-state index >= 15 is 0 Å². The lowest BCUT2D eigenvalue weighted by Gasteiger charge is -2.27. The van der Waals surface area contributed by atoms with Crippen molar-refractivity contribution in [3.8, 4) is 0 Å². The Balaban J connectivity index is 2.19. The van der Waals surface area contributed by atoms with Crippen LogP contribution in [0.5, 0.6) is 0 Å². The van der Waals surface area contributed by atoms with Crippen LogP contribution in [0.3, 0.4) is 0 Å². The van der Waals surface area contributed by atoms with Gasteiger partial charge in [0, 0.05) is 24.3 Å². The normalized spacial score (nSPS) is 26.9. The second kappa shape index (κ2) is 4.01. The quantitative estimate of drug-likeness (QED) is 0.773. The minimum absolute atomic E-state index is 0.347. The molecule has 2 heteroatoms. The van der Waals surface area contributed by atoms with E-state index < -0.39 is 0 Å². The Kier molecular flexibility index (Phi) is 2.73. The zero-order valence-electron chi connectivity index (χ0n) is 8.69. The molecule has 1 aliphatic rings. The first kappa shape index (κ1) is 9.53. The van der Waals surface area contributed by atoms with Crippen LogP contribution in [0.2, 0.25) is 0 Å². The van der Waals surface area contributed by atoms with Crippen molar-refractivity contribution in [2.24, 2.45) is 5.73 Å². The number of benzene rings is 1. The molecular formula is C12H18N2. The van der Waals surface area contributed by atoms with Crippen LogP contribution >= 0.6 is 0 Å². The van der Waals surface area contributed by atoms with Gasteiger partial charge in [-0.1, -0.05) is 25.1 Å². The minimum Gasteiger partial charge on any atom is -0.367 e. The number of hydrogen-bond acceptors (Lipinski definition) is 2. The summed E-state index contributed by atoms with van der Waals surface area (Å²) in [4.78, 5) is 2.44. The first-order valence-corrected chi connectivity index (χ1v) is 5.40. The molecular weight excluding hydrogens is 172 g/mol. The molecule has 0 bridgehead atoms. The third-order valence-corrected chi connectivity index (χ3v) is 3.10. The molecule has 0 amide bonds. The van der Waals surface area contributed by atoms with Crippen LogP contribution in [0.25, 0.3) is 0 Å². The Labute approximate surface area is 85.7 Å². The van der Waals surface area contributed by atoms with Gasteiger partial charge in [-0.2, -0.15) is 0 Å². The van der Waals surface area contributed by atoms with Gasteiger partial charge in [-0.05, 0) is 25.0 Å². The lowest BCUT2D eigenvalue weighted by atomic mass is 10.1. The maximum absolute atomic E-state index is 6.08. The lowest BCUT2D eigenvalue weighted by molar-refractivity contribution is 0.565. The lowest BCUT2D eigenvalue weighted by Crippen LogP contribution is -2.38. The Morgan fingerprint density at radius 1 is 1.36 bits per heavy atom. The van der Waals surface area contributed by atoms with E-state index in [1.54, 1.807) is 0 Å². The van der Waals surface area contributed by atoms with E-state index in [-0.39, 0.29) is 0 Å². The molecule has 2 rings (SSSR count). The fourth-order valence-corrected chi connectivity index (χ4v) is 2.34. The molecule has 2 unspecified atom stereocenters. The van der Waals surface area contributed by atoms with E-state index in [1.807, 2.05) is 0 Å². The van der Waals surface area contributed by atoms with Crippen molar-refractivity contribution in [2.45, 2.75) is 31.8 Å². The van der Waals surface area contributed by atoms with Gasteiger partial charge < -0.3 is 10.6 Å². The summed E-state index contributed by atoms with van der Waals surface area (Å²) in [6.07, 6.45) is 2.25. The summed E-state index contributed by atoms with van der Waals surface area (Å²) in [6.45, 7) is 3.31. The van der Waals surface area contributed by atoms with E-state index in [2.05, 4.69) is 42.2 Å². The van der Waals surface area contributed by atoms with E-state index in [9.17, 15) is 0 Å². The van der Waals surface area contributed by atoms with Crippen LogP contribution in [-0.4, -0.2) is 18.6 Å². The molecule has 1 aromatic rings. The standard InChI is InChI=1S/C12H18N2/c1-2-12-11(13)8-9-14(12)10-6-4-3-5-7-10/h3-7,11-12H,2,8-9,13H2,1H3. The van der Waals surface area contributed by atoms with Crippen molar-refractivity contribution in [1.82, 2.24) is 0 Å². The molecule has 2 atom stereocenters. The molecule has 1 saturated heterocycles. The van der Waals surface area contributed by atoms with Gasteiger partial charge in [-0.25, -0.2) is 0 Å². The minimum atomic E-state index is 0.347. The van der Waals surface area contributed by atoms with Crippen LogP contribution in [0.4, 0.5) is 5.69 Å². The van der Waals surface area contributed by atoms with Gasteiger partial charge in [0.15, 0.2) is 0 Å². The molecule has 76 valence electrons. The summed E-state index contributed by atoms with van der Waals surface area (Å²) in [7, 11) is 0. The summed E-state index contributed by atoms with van der Waals surface area (Å²) in [5, 5.41) is 0. The fourth-order valence-electron chi connectivity index (χ4n) is 2.34. The van der Waals surface area contributed by atoms with Crippen LogP contribution < -0.4 is 10.6 Å². The number of anilines is 1. The third kappa shape index (κ3) is 1.62. The van der Waals surface area contributed by atoms with Crippen LogP contribution in [-0.2, 0) is 0 Å². The van der Waals surface area contributed by atoms with Crippen LogP contribution in [0.15, 0.2) is 30.3 Å². The van der Waals surface area contributed by atoms with Crippen molar-refractivity contribution >= 4 is 5.69 Å². The number of para-hydroxylation sites is 1. The highest BCUT2D eigenvalue weighted by atomic mass is 15.2. The van der Waals surface area contributed by atoms with Gasteiger partial charge in [-0.15, -0.1) is 0 Å². The first-order chi connectivity index (χ1) is 6.83. The molecule has 14 heavy (non-hydrogen) atoms. The molecule has 0 aromatic heterocycles. The SMILES string of the molecule is CCC1C(N)CCN1c1ccccc1. The van der Waals surface area contributed by atoms with Crippen molar-refractivity contribution in [1.29, 1.82) is 0 Å². The topological polar surface area (TPSA) is 29.3 Å². The van der Waals surface area contributed by atoms with E-state index in [1.165, 1.54) is 5.69 Å². The van der Waals surface area contributed by atoms with Gasteiger partial charge >= 0.3 is 0 Å². The highest BCUT2D eigenvalue weighted by Crippen LogP contribution is 2.26. The van der Waals surface area contributed by atoms with Crippen LogP contribution in [0, 0.1) is 0 Å². The van der Waals surface area contributed by atoms with E-state index in [0.717, 1.165) is 19.4 Å². The number of hydrogen-bond donors (Lipinski definition) is 1. The Morgan fingerprint density at radius 3 is 2.71 bits per heavy atom. The molecule has 0 aliphatic carbocycles. The zero-order chi connectivity index (χ0) is 9.97. The summed E-state index contributed by atoms with van der Waals surface area (Å²) < 4.78 is 0. The second-order valence-electron chi connectivity index (χ2n) is 3.96. The maximum atomic E-state index is 6.08.